The third-order valence-electron chi connectivity index (χ3n) is 4.62. The lowest BCUT2D eigenvalue weighted by molar-refractivity contribution is -0.164. The van der Waals surface area contributed by atoms with E-state index < -0.39 is 24.1 Å². The van der Waals surface area contributed by atoms with Crippen molar-refractivity contribution in [1.29, 1.82) is 0 Å². The number of hydrogen-bond donors (Lipinski definition) is 2. The number of nitrogens with two attached hydrogens (primary N) is 1. The predicted octanol–water partition coefficient (Wildman–Crippen LogP) is 2.16. The van der Waals surface area contributed by atoms with Crippen molar-refractivity contribution in [1.82, 2.24) is 0 Å². The normalized spacial score (nSPS) is 15.0. The molecule has 0 amide bonds. The van der Waals surface area contributed by atoms with E-state index in [-0.39, 0.29) is 19.1 Å². The summed E-state index contributed by atoms with van der Waals surface area (Å²) in [7, 11) is 0. The number of fused-ring (bicyclic) bond motifs is 3. The van der Waals surface area contributed by atoms with E-state index >= 15 is 0 Å². The fourth-order valence-corrected chi connectivity index (χ4v) is 3.20. The van der Waals surface area contributed by atoms with Gasteiger partial charge in [0.2, 0.25) is 5.54 Å². The minimum Gasteiger partial charge on any atom is -0.479 e. The minimum atomic E-state index is -2.21. The SMILES string of the molecule is CCOCC(N)(C(=O)O)C(=O)OCC1c2ccccc2-c2ccccc21. The van der Waals surface area contributed by atoms with Crippen LogP contribution in [0.3, 0.4) is 0 Å². The average Bonchev–Trinajstić information content (AvgIpc) is 2.98. The molecule has 1 aliphatic rings. The lowest BCUT2D eigenvalue weighted by atomic mass is 9.97. The number of rotatable bonds is 7. The predicted molar refractivity (Wildman–Crippen MR) is 95.7 cm³/mol. The van der Waals surface area contributed by atoms with Gasteiger partial charge in [-0.3, -0.25) is 0 Å². The van der Waals surface area contributed by atoms with Crippen molar-refractivity contribution < 1.29 is 24.2 Å². The molecule has 0 aromatic heterocycles. The number of esters is 1. The zero-order valence-electron chi connectivity index (χ0n) is 14.5. The first-order chi connectivity index (χ1) is 12.5. The Hall–Kier alpha value is -2.70. The molecule has 3 N–H and O–H groups in total. The molecule has 0 aliphatic heterocycles. The first-order valence-corrected chi connectivity index (χ1v) is 8.44. The van der Waals surface area contributed by atoms with Crippen LogP contribution in [-0.2, 0) is 19.1 Å². The van der Waals surface area contributed by atoms with Crippen LogP contribution in [0.1, 0.15) is 24.0 Å². The third kappa shape index (κ3) is 3.09. The van der Waals surface area contributed by atoms with E-state index in [2.05, 4.69) is 0 Å². The van der Waals surface area contributed by atoms with Crippen molar-refractivity contribution in [3.8, 4) is 11.1 Å². The summed E-state index contributed by atoms with van der Waals surface area (Å²) in [5.74, 6) is -2.63. The number of hydrogen-bond acceptors (Lipinski definition) is 5. The molecule has 0 radical (unpaired) electrons. The molecular formula is C20H21NO5. The molecule has 0 bridgehead atoms. The van der Waals surface area contributed by atoms with E-state index in [0.717, 1.165) is 22.3 Å². The smallest absolute Gasteiger partial charge is 0.340 e. The van der Waals surface area contributed by atoms with Gasteiger partial charge < -0.3 is 20.3 Å². The Morgan fingerprint density at radius 2 is 1.62 bits per heavy atom. The summed E-state index contributed by atoms with van der Waals surface area (Å²) in [4.78, 5) is 23.8. The third-order valence-corrected chi connectivity index (χ3v) is 4.62. The number of ether oxygens (including phenoxy) is 2. The van der Waals surface area contributed by atoms with E-state index in [0.29, 0.717) is 0 Å². The van der Waals surface area contributed by atoms with Gasteiger partial charge in [0.05, 0.1) is 6.61 Å². The second-order valence-corrected chi connectivity index (χ2v) is 6.24. The molecular weight excluding hydrogens is 334 g/mol. The summed E-state index contributed by atoms with van der Waals surface area (Å²) in [5, 5.41) is 9.33. The first kappa shape index (κ1) is 18.1. The van der Waals surface area contributed by atoms with Gasteiger partial charge in [-0.25, -0.2) is 9.59 Å². The second kappa shape index (κ2) is 7.27. The molecule has 1 unspecified atom stereocenters. The Morgan fingerprint density at radius 3 is 2.12 bits per heavy atom. The van der Waals surface area contributed by atoms with Crippen molar-refractivity contribution >= 4 is 11.9 Å². The summed E-state index contributed by atoms with van der Waals surface area (Å²) < 4.78 is 10.4. The Labute approximate surface area is 151 Å². The number of benzene rings is 2. The molecule has 2 aromatic rings. The van der Waals surface area contributed by atoms with Gasteiger partial charge in [0.1, 0.15) is 6.61 Å². The average molecular weight is 355 g/mol. The zero-order valence-corrected chi connectivity index (χ0v) is 14.5. The van der Waals surface area contributed by atoms with Crippen LogP contribution in [-0.4, -0.2) is 42.4 Å². The van der Waals surface area contributed by atoms with Crippen molar-refractivity contribution in [3.63, 3.8) is 0 Å². The van der Waals surface area contributed by atoms with Gasteiger partial charge in [0, 0.05) is 12.5 Å². The maximum absolute atomic E-state index is 12.4. The number of aliphatic carboxylic acids is 1. The number of carboxylic acids is 1. The molecule has 0 saturated heterocycles. The molecule has 0 fully saturated rings. The highest BCUT2D eigenvalue weighted by Crippen LogP contribution is 2.44. The lowest BCUT2D eigenvalue weighted by Crippen LogP contribution is -2.59. The summed E-state index contributed by atoms with van der Waals surface area (Å²) in [6.07, 6.45) is 0. The molecule has 6 nitrogen and oxygen atoms in total. The fourth-order valence-electron chi connectivity index (χ4n) is 3.20. The van der Waals surface area contributed by atoms with Crippen LogP contribution in [0, 0.1) is 0 Å². The Balaban J connectivity index is 1.81. The number of carboxylic acid groups (broad SMARTS) is 1. The molecule has 2 aromatic carbocycles. The summed E-state index contributed by atoms with van der Waals surface area (Å²) >= 11 is 0. The van der Waals surface area contributed by atoms with Crippen molar-refractivity contribution in [3.05, 3.63) is 59.7 Å². The van der Waals surface area contributed by atoms with E-state index in [1.807, 2.05) is 48.5 Å². The molecule has 136 valence electrons. The van der Waals surface area contributed by atoms with E-state index in [4.69, 9.17) is 15.2 Å². The quantitative estimate of drug-likeness (QED) is 0.583. The largest absolute Gasteiger partial charge is 0.479 e. The molecule has 26 heavy (non-hydrogen) atoms. The second-order valence-electron chi connectivity index (χ2n) is 6.24. The van der Waals surface area contributed by atoms with Crippen molar-refractivity contribution in [2.45, 2.75) is 18.4 Å². The number of carbonyl (C=O) groups excluding carboxylic acids is 1. The van der Waals surface area contributed by atoms with Crippen molar-refractivity contribution in [2.24, 2.45) is 5.73 Å². The zero-order chi connectivity index (χ0) is 18.7. The van der Waals surface area contributed by atoms with Crippen LogP contribution in [0.4, 0.5) is 0 Å². The monoisotopic (exact) mass is 355 g/mol. The van der Waals surface area contributed by atoms with E-state index in [1.165, 1.54) is 0 Å². The van der Waals surface area contributed by atoms with Crippen LogP contribution in [0.25, 0.3) is 11.1 Å². The molecule has 1 aliphatic carbocycles. The van der Waals surface area contributed by atoms with Gasteiger partial charge in [0.15, 0.2) is 0 Å². The summed E-state index contributed by atoms with van der Waals surface area (Å²) in [6.45, 7) is 1.53. The van der Waals surface area contributed by atoms with Gasteiger partial charge in [-0.15, -0.1) is 0 Å². The maximum atomic E-state index is 12.4. The minimum absolute atomic E-state index is 0.0191. The molecule has 6 heteroatoms. The highest BCUT2D eigenvalue weighted by atomic mass is 16.5. The lowest BCUT2D eigenvalue weighted by Gasteiger charge is -2.23. The summed E-state index contributed by atoms with van der Waals surface area (Å²) in [5.41, 5.74) is 7.81. The van der Waals surface area contributed by atoms with E-state index in [1.54, 1.807) is 6.92 Å². The first-order valence-electron chi connectivity index (χ1n) is 8.44. The van der Waals surface area contributed by atoms with Gasteiger partial charge in [0.25, 0.3) is 0 Å². The molecule has 0 heterocycles. The molecule has 1 atom stereocenters. The Bertz CT molecular complexity index is 789. The highest BCUT2D eigenvalue weighted by Gasteiger charge is 2.45. The highest BCUT2D eigenvalue weighted by molar-refractivity contribution is 6.04. The summed E-state index contributed by atoms with van der Waals surface area (Å²) in [6, 6.07) is 15.8. The van der Waals surface area contributed by atoms with Gasteiger partial charge in [-0.05, 0) is 29.2 Å². The number of carbonyl (C=O) groups is 2. The van der Waals surface area contributed by atoms with Crippen molar-refractivity contribution in [2.75, 3.05) is 19.8 Å². The van der Waals surface area contributed by atoms with E-state index in [9.17, 15) is 14.7 Å². The molecule has 3 rings (SSSR count). The van der Waals surface area contributed by atoms with Gasteiger partial charge >= 0.3 is 11.9 Å². The Morgan fingerprint density at radius 1 is 1.08 bits per heavy atom. The van der Waals surface area contributed by atoms with Crippen LogP contribution in [0.5, 0.6) is 0 Å². The Kier molecular flexibility index (Phi) is 5.06. The topological polar surface area (TPSA) is 98.9 Å². The van der Waals surface area contributed by atoms with Crippen LogP contribution in [0.15, 0.2) is 48.5 Å². The van der Waals surface area contributed by atoms with Gasteiger partial charge in [-0.1, -0.05) is 48.5 Å². The van der Waals surface area contributed by atoms with Crippen LogP contribution in [0.2, 0.25) is 0 Å². The standard InChI is InChI=1S/C20H21NO5/c1-2-25-12-20(21,18(22)23)19(24)26-11-17-15-9-5-3-7-13(15)14-8-4-6-10-16(14)17/h3-10,17H,2,11-12,21H2,1H3,(H,22,23). The molecule has 0 saturated carbocycles. The van der Waals surface area contributed by atoms with Crippen LogP contribution >= 0.6 is 0 Å². The van der Waals surface area contributed by atoms with Gasteiger partial charge in [-0.2, -0.15) is 0 Å². The molecule has 0 spiro atoms. The van der Waals surface area contributed by atoms with Crippen LogP contribution < -0.4 is 5.73 Å². The fraction of sp³-hybridized carbons (Fsp3) is 0.300. The maximum Gasteiger partial charge on any atom is 0.340 e.